The summed E-state index contributed by atoms with van der Waals surface area (Å²) in [4.78, 5) is 0. The van der Waals surface area contributed by atoms with Gasteiger partial charge in [0.15, 0.2) is 0 Å². The molecule has 0 aliphatic carbocycles. The van der Waals surface area contributed by atoms with Crippen LogP contribution < -0.4 is 25.4 Å². The van der Waals surface area contributed by atoms with Gasteiger partial charge in [-0.05, 0) is 55.8 Å². The van der Waals surface area contributed by atoms with Gasteiger partial charge < -0.3 is 4.74 Å². The molecule has 1 heterocycles. The zero-order valence-corrected chi connectivity index (χ0v) is 30.5. The summed E-state index contributed by atoms with van der Waals surface area (Å²) in [7, 11) is -2.21. The Morgan fingerprint density at radius 1 is 0.660 bits per heavy atom. The maximum Gasteiger partial charge on any atom is 0.139 e. The van der Waals surface area contributed by atoms with Crippen molar-refractivity contribution in [3.05, 3.63) is 149 Å². The van der Waals surface area contributed by atoms with Gasteiger partial charge in [0, 0.05) is 27.4 Å². The van der Waals surface area contributed by atoms with Crippen LogP contribution in [-0.2, 0) is 21.8 Å². The van der Waals surface area contributed by atoms with Gasteiger partial charge in [-0.15, -0.1) is 0 Å². The van der Waals surface area contributed by atoms with E-state index >= 15 is 0 Å². The molecule has 1 aliphatic heterocycles. The molecule has 242 valence electrons. The van der Waals surface area contributed by atoms with Gasteiger partial charge in [0.25, 0.3) is 0 Å². The van der Waals surface area contributed by atoms with Crippen molar-refractivity contribution >= 4 is 34.8 Å². The van der Waals surface area contributed by atoms with Gasteiger partial charge in [0.1, 0.15) is 11.5 Å². The van der Waals surface area contributed by atoms with E-state index in [1.807, 2.05) is 20.8 Å². The number of para-hydroxylation sites is 2. The van der Waals surface area contributed by atoms with Crippen LogP contribution in [0.3, 0.4) is 0 Å². The van der Waals surface area contributed by atoms with Crippen molar-refractivity contribution in [1.29, 1.82) is 0 Å². The van der Waals surface area contributed by atoms with Gasteiger partial charge in [0.2, 0.25) is 0 Å². The Balaban J connectivity index is 1.54. The smallest absolute Gasteiger partial charge is 0.139 e. The number of rotatable bonds is 7. The fourth-order valence-corrected chi connectivity index (χ4v) is 9.52. The third-order valence-electron chi connectivity index (χ3n) is 9.06. The van der Waals surface area contributed by atoms with Crippen molar-refractivity contribution in [1.82, 2.24) is 4.72 Å². The van der Waals surface area contributed by atoms with Crippen molar-refractivity contribution in [2.75, 3.05) is 0 Å². The second-order valence-corrected chi connectivity index (χ2v) is 19.1. The van der Waals surface area contributed by atoms with E-state index in [4.69, 9.17) is 4.74 Å². The first kappa shape index (κ1) is 33.3. The Hall–Kier alpha value is -3.56. The highest BCUT2D eigenvalue weighted by Crippen LogP contribution is 2.52. The molecule has 2 atom stereocenters. The molecular weight excluding hydrogens is 614 g/mol. The molecule has 1 N–H and O–H groups in total. The molecule has 47 heavy (non-hydrogen) atoms. The van der Waals surface area contributed by atoms with Crippen LogP contribution in [0.2, 0.25) is 0 Å². The van der Waals surface area contributed by atoms with E-state index in [9.17, 15) is 4.21 Å². The van der Waals surface area contributed by atoms with Crippen LogP contribution in [0.15, 0.2) is 121 Å². The quantitative estimate of drug-likeness (QED) is 0.177. The molecule has 5 heteroatoms. The minimum Gasteiger partial charge on any atom is -0.456 e. The molecule has 6 rings (SSSR count). The fraction of sp³-hybridized carbons (Fsp3) is 0.286. The third-order valence-corrected chi connectivity index (χ3v) is 13.1. The number of nitrogens with one attached hydrogen (secondary N) is 1. The molecule has 5 aromatic carbocycles. The second kappa shape index (κ2) is 12.8. The predicted octanol–water partition coefficient (Wildman–Crippen LogP) is 9.32. The van der Waals surface area contributed by atoms with E-state index in [1.165, 1.54) is 27.0 Å². The zero-order chi connectivity index (χ0) is 33.6. The molecule has 5 aromatic rings. The number of benzene rings is 5. The average molecular weight is 660 g/mol. The standard InChI is InChI=1S/C42H46NO2PS/c1-40(2,3)30-27-25-29(26-28-30)37(43-47(44)41(4,5)6)33-21-15-22-34-38(33)45-39-35(42(34,7)8)23-16-24-36(39)46(31-17-11-9-12-18-31)32-19-13-10-14-20-32/h9-28,37,43H,1-8H3/t37-,47+/m1/s1. The Labute approximate surface area is 285 Å². The van der Waals surface area contributed by atoms with Crippen LogP contribution in [0.4, 0.5) is 0 Å². The predicted molar refractivity (Wildman–Crippen MR) is 202 cm³/mol. The average Bonchev–Trinajstić information content (AvgIpc) is 3.04. The number of ether oxygens (including phenoxy) is 1. The lowest BCUT2D eigenvalue weighted by atomic mass is 9.74. The highest BCUT2D eigenvalue weighted by Gasteiger charge is 2.39. The van der Waals surface area contributed by atoms with Crippen molar-refractivity contribution in [2.45, 2.75) is 77.0 Å². The molecule has 0 fully saturated rings. The molecule has 0 spiro atoms. The van der Waals surface area contributed by atoms with Gasteiger partial charge in [-0.25, -0.2) is 8.93 Å². The molecule has 0 radical (unpaired) electrons. The Morgan fingerprint density at radius 3 is 1.72 bits per heavy atom. The van der Waals surface area contributed by atoms with Crippen LogP contribution in [0.1, 0.15) is 89.2 Å². The van der Waals surface area contributed by atoms with Crippen LogP contribution in [-0.4, -0.2) is 8.96 Å². The Morgan fingerprint density at radius 2 is 1.19 bits per heavy atom. The summed E-state index contributed by atoms with van der Waals surface area (Å²) in [6.45, 7) is 17.3. The van der Waals surface area contributed by atoms with E-state index in [0.717, 1.165) is 28.2 Å². The first-order valence-electron chi connectivity index (χ1n) is 16.4. The first-order chi connectivity index (χ1) is 22.3. The largest absolute Gasteiger partial charge is 0.456 e. The molecule has 0 unspecified atom stereocenters. The van der Waals surface area contributed by atoms with Gasteiger partial charge in [-0.3, -0.25) is 0 Å². The van der Waals surface area contributed by atoms with Crippen molar-refractivity contribution in [2.24, 2.45) is 0 Å². The third kappa shape index (κ3) is 6.61. The molecule has 0 bridgehead atoms. The van der Waals surface area contributed by atoms with E-state index < -0.39 is 23.7 Å². The summed E-state index contributed by atoms with van der Waals surface area (Å²) in [5.74, 6) is 1.77. The lowest BCUT2D eigenvalue weighted by Gasteiger charge is -2.38. The lowest BCUT2D eigenvalue weighted by molar-refractivity contribution is 0.413. The number of hydrogen-bond acceptors (Lipinski definition) is 2. The van der Waals surface area contributed by atoms with Crippen molar-refractivity contribution in [3.63, 3.8) is 0 Å². The summed E-state index contributed by atoms with van der Waals surface area (Å²) in [6.07, 6.45) is 0. The second-order valence-electron chi connectivity index (χ2n) is 14.9. The van der Waals surface area contributed by atoms with E-state index in [1.54, 1.807) is 0 Å². The fourth-order valence-electron chi connectivity index (χ4n) is 6.29. The summed E-state index contributed by atoms with van der Waals surface area (Å²) < 4.78 is 24.1. The van der Waals surface area contributed by atoms with E-state index in [-0.39, 0.29) is 16.9 Å². The Bertz CT molecular complexity index is 1850. The molecule has 0 saturated heterocycles. The highest BCUT2D eigenvalue weighted by atomic mass is 32.2. The zero-order valence-electron chi connectivity index (χ0n) is 28.8. The summed E-state index contributed by atoms with van der Waals surface area (Å²) in [5.41, 5.74) is 5.32. The minimum atomic E-state index is -1.32. The SMILES string of the molecule is CC(C)(C)c1ccc([C@@H](N[S@@](=O)C(C)(C)C)c2cccc3c2Oc2c(P(c4ccccc4)c4ccccc4)cccc2C3(C)C)cc1. The van der Waals surface area contributed by atoms with Gasteiger partial charge in [-0.1, -0.05) is 156 Å². The molecule has 3 nitrogen and oxygen atoms in total. The topological polar surface area (TPSA) is 38.3 Å². The molecule has 1 aliphatic rings. The van der Waals surface area contributed by atoms with Gasteiger partial charge >= 0.3 is 0 Å². The highest BCUT2D eigenvalue weighted by molar-refractivity contribution is 7.84. The maximum absolute atomic E-state index is 13.8. The van der Waals surface area contributed by atoms with Gasteiger partial charge in [0.05, 0.1) is 21.8 Å². The molecule has 0 amide bonds. The van der Waals surface area contributed by atoms with E-state index in [2.05, 4.69) is 161 Å². The van der Waals surface area contributed by atoms with Crippen LogP contribution >= 0.6 is 7.92 Å². The molecule has 0 aromatic heterocycles. The van der Waals surface area contributed by atoms with Crippen LogP contribution in [0, 0.1) is 0 Å². The van der Waals surface area contributed by atoms with Crippen molar-refractivity contribution in [3.8, 4) is 11.5 Å². The summed E-state index contributed by atoms with van der Waals surface area (Å²) >= 11 is 0. The maximum atomic E-state index is 13.8. The number of fused-ring (bicyclic) bond motifs is 2. The van der Waals surface area contributed by atoms with E-state index in [0.29, 0.717) is 0 Å². The van der Waals surface area contributed by atoms with Crippen LogP contribution in [0.25, 0.3) is 0 Å². The lowest BCUT2D eigenvalue weighted by Crippen LogP contribution is -2.37. The summed E-state index contributed by atoms with van der Waals surface area (Å²) in [5, 5.41) is 3.75. The molecular formula is C42H46NO2PS. The Kier molecular flexibility index (Phi) is 9.09. The minimum absolute atomic E-state index is 0.0324. The summed E-state index contributed by atoms with van der Waals surface area (Å²) in [6, 6.07) is 43.1. The first-order valence-corrected chi connectivity index (χ1v) is 18.9. The number of hydrogen-bond donors (Lipinski definition) is 1. The van der Waals surface area contributed by atoms with Crippen molar-refractivity contribution < 1.29 is 8.95 Å². The molecule has 0 saturated carbocycles. The normalized spacial score (nSPS) is 15.3. The van der Waals surface area contributed by atoms with Gasteiger partial charge in [-0.2, -0.15) is 0 Å². The van der Waals surface area contributed by atoms with Crippen LogP contribution in [0.5, 0.6) is 11.5 Å². The monoisotopic (exact) mass is 659 g/mol.